The Morgan fingerprint density at radius 1 is 0.912 bits per heavy atom. The summed E-state index contributed by atoms with van der Waals surface area (Å²) in [5.41, 5.74) is 0.292. The van der Waals surface area contributed by atoms with Crippen LogP contribution < -0.4 is 5.32 Å². The molecule has 0 spiro atoms. The molecule has 0 unspecified atom stereocenters. The van der Waals surface area contributed by atoms with E-state index in [-0.39, 0.29) is 68.3 Å². The van der Waals surface area contributed by atoms with Gasteiger partial charge >= 0.3 is 12.1 Å². The topological polar surface area (TPSA) is 172 Å². The molecule has 15 nitrogen and oxygen atoms in total. The van der Waals surface area contributed by atoms with Gasteiger partial charge < -0.3 is 34.4 Å². The number of carboxylic acid groups (broad SMARTS) is 1. The molecule has 0 saturated carbocycles. The van der Waals surface area contributed by atoms with Crippen molar-refractivity contribution in [3.05, 3.63) is 76.5 Å². The van der Waals surface area contributed by atoms with E-state index >= 15 is 8.78 Å². The van der Waals surface area contributed by atoms with E-state index in [1.54, 1.807) is 21.6 Å². The maximum absolute atomic E-state index is 15.5. The molecular formula is C39H43ClF2N8O7. The molecule has 2 aromatic heterocycles. The Morgan fingerprint density at radius 3 is 2.18 bits per heavy atom. The SMILES string of the molecule is Cc1nn(CC(=O)O)cc1-c1ccc(-c2cnc(C(=O)Nc3ccc(C(=O)N4CCN(C(=O)C5CCN(C(=O)OC(C)(C)C)CC5)CC4)c(Cl)c3)n2C)c(F)c1F. The van der Waals surface area contributed by atoms with Gasteiger partial charge in [-0.1, -0.05) is 17.7 Å². The lowest BCUT2D eigenvalue weighted by Crippen LogP contribution is -2.53. The molecule has 2 aliphatic rings. The number of piperidine rings is 1. The standard InChI is InChI=1S/C39H43ClF2N8O7/c1-22-28(20-50(45-22)21-31(51)52)25-8-9-27(33(42)32(25)41)30-19-43-34(46(30)5)35(53)44-24-6-7-26(29(40)18-24)37(55)48-16-14-47(15-17-48)36(54)23-10-12-49(13-11-23)38(56)57-39(2,3)4/h6-9,18-20,23H,10-17,21H2,1-5H3,(H,44,53)(H,51,52). The number of anilines is 1. The molecular weight excluding hydrogens is 766 g/mol. The zero-order chi connectivity index (χ0) is 41.3. The number of nitrogens with one attached hydrogen (secondary N) is 1. The number of carbonyl (C=O) groups is 5. The van der Waals surface area contributed by atoms with E-state index in [1.165, 1.54) is 54.3 Å². The summed E-state index contributed by atoms with van der Waals surface area (Å²) in [6.07, 6.45) is 3.26. The summed E-state index contributed by atoms with van der Waals surface area (Å²) >= 11 is 6.53. The summed E-state index contributed by atoms with van der Waals surface area (Å²) in [6, 6.07) is 7.12. The average molecular weight is 809 g/mol. The van der Waals surface area contributed by atoms with Crippen LogP contribution in [-0.4, -0.2) is 114 Å². The molecule has 0 radical (unpaired) electrons. The lowest BCUT2D eigenvalue weighted by molar-refractivity contribution is -0.139. The van der Waals surface area contributed by atoms with Crippen molar-refractivity contribution in [1.29, 1.82) is 0 Å². The van der Waals surface area contributed by atoms with Gasteiger partial charge in [0.15, 0.2) is 17.5 Å². The van der Waals surface area contributed by atoms with Gasteiger partial charge in [0.05, 0.1) is 28.2 Å². The Bertz CT molecular complexity index is 2230. The van der Waals surface area contributed by atoms with E-state index in [2.05, 4.69) is 15.4 Å². The van der Waals surface area contributed by atoms with Crippen LogP contribution in [-0.2, 0) is 27.9 Å². The van der Waals surface area contributed by atoms with Gasteiger partial charge in [0, 0.05) is 80.8 Å². The highest BCUT2D eigenvalue weighted by Gasteiger charge is 2.34. The fourth-order valence-electron chi connectivity index (χ4n) is 6.98. The third-order valence-electron chi connectivity index (χ3n) is 9.92. The molecule has 2 aliphatic heterocycles. The van der Waals surface area contributed by atoms with Gasteiger partial charge in [-0.25, -0.2) is 18.6 Å². The van der Waals surface area contributed by atoms with Crippen molar-refractivity contribution in [1.82, 2.24) is 34.0 Å². The Morgan fingerprint density at radius 2 is 1.54 bits per heavy atom. The molecule has 4 aromatic rings. The number of ether oxygens (including phenoxy) is 1. The third-order valence-corrected chi connectivity index (χ3v) is 10.2. The number of hydrogen-bond donors (Lipinski definition) is 2. The number of rotatable bonds is 8. The maximum atomic E-state index is 15.5. The fraction of sp³-hybridized carbons (Fsp3) is 0.410. The van der Waals surface area contributed by atoms with Crippen molar-refractivity contribution in [2.45, 2.75) is 52.7 Å². The first-order chi connectivity index (χ1) is 26.9. The van der Waals surface area contributed by atoms with Crippen molar-refractivity contribution in [3.8, 4) is 22.4 Å². The lowest BCUT2D eigenvalue weighted by Gasteiger charge is -2.38. The van der Waals surface area contributed by atoms with E-state index in [0.717, 1.165) is 4.68 Å². The number of piperazine rings is 1. The van der Waals surface area contributed by atoms with Crippen molar-refractivity contribution in [2.75, 3.05) is 44.6 Å². The van der Waals surface area contributed by atoms with Crippen molar-refractivity contribution < 1.29 is 42.6 Å². The molecule has 2 aromatic carbocycles. The Balaban J connectivity index is 1.04. The second kappa shape index (κ2) is 16.3. The van der Waals surface area contributed by atoms with Crippen LogP contribution in [0, 0.1) is 24.5 Å². The smallest absolute Gasteiger partial charge is 0.410 e. The third kappa shape index (κ3) is 8.93. The molecule has 2 fully saturated rings. The number of carboxylic acids is 1. The normalized spacial score (nSPS) is 15.1. The summed E-state index contributed by atoms with van der Waals surface area (Å²) in [5, 5.41) is 15.9. The monoisotopic (exact) mass is 808 g/mol. The summed E-state index contributed by atoms with van der Waals surface area (Å²) in [5.74, 6) is -4.81. The highest BCUT2D eigenvalue weighted by atomic mass is 35.5. The summed E-state index contributed by atoms with van der Waals surface area (Å²) < 4.78 is 38.8. The van der Waals surface area contributed by atoms with Crippen LogP contribution in [0.15, 0.2) is 42.7 Å². The van der Waals surface area contributed by atoms with E-state index in [9.17, 15) is 24.0 Å². The van der Waals surface area contributed by atoms with Gasteiger partial charge in [-0.15, -0.1) is 0 Å². The fourth-order valence-corrected chi connectivity index (χ4v) is 7.24. The average Bonchev–Trinajstić information content (AvgIpc) is 3.72. The summed E-state index contributed by atoms with van der Waals surface area (Å²) in [4.78, 5) is 72.6. The van der Waals surface area contributed by atoms with E-state index in [4.69, 9.17) is 21.4 Å². The summed E-state index contributed by atoms with van der Waals surface area (Å²) in [6.45, 7) is 8.74. The first-order valence-corrected chi connectivity index (χ1v) is 18.7. The molecule has 4 amide bonds. The van der Waals surface area contributed by atoms with Crippen molar-refractivity contribution >= 4 is 47.1 Å². The van der Waals surface area contributed by atoms with Crippen LogP contribution >= 0.6 is 11.6 Å². The highest BCUT2D eigenvalue weighted by molar-refractivity contribution is 6.34. The molecule has 0 aliphatic carbocycles. The van der Waals surface area contributed by atoms with Crippen LogP contribution in [0.4, 0.5) is 19.3 Å². The minimum absolute atomic E-state index is 0.00863. The Labute approximate surface area is 332 Å². The number of carbonyl (C=O) groups excluding carboxylic acids is 4. The van der Waals surface area contributed by atoms with Gasteiger partial charge in [-0.2, -0.15) is 5.10 Å². The molecule has 2 N–H and O–H groups in total. The van der Waals surface area contributed by atoms with Crippen molar-refractivity contribution in [3.63, 3.8) is 0 Å². The van der Waals surface area contributed by atoms with Gasteiger partial charge in [0.2, 0.25) is 5.91 Å². The summed E-state index contributed by atoms with van der Waals surface area (Å²) in [7, 11) is 1.47. The number of aryl methyl sites for hydroxylation is 1. The minimum Gasteiger partial charge on any atom is -0.480 e. The number of benzene rings is 2. The molecule has 57 heavy (non-hydrogen) atoms. The molecule has 302 valence electrons. The van der Waals surface area contributed by atoms with E-state index in [0.29, 0.717) is 57.8 Å². The van der Waals surface area contributed by atoms with Gasteiger partial charge in [-0.05, 0) is 64.8 Å². The van der Waals surface area contributed by atoms with Gasteiger partial charge in [-0.3, -0.25) is 23.9 Å². The lowest BCUT2D eigenvalue weighted by atomic mass is 9.95. The van der Waals surface area contributed by atoms with E-state index in [1.807, 2.05) is 20.8 Å². The molecule has 18 heteroatoms. The maximum Gasteiger partial charge on any atom is 0.410 e. The zero-order valence-corrected chi connectivity index (χ0v) is 32.9. The van der Waals surface area contributed by atoms with Crippen LogP contribution in [0.25, 0.3) is 22.4 Å². The number of likely N-dealkylation sites (tertiary alicyclic amines) is 1. The number of aromatic nitrogens is 4. The molecule has 0 bridgehead atoms. The number of halogens is 3. The van der Waals surface area contributed by atoms with Crippen LogP contribution in [0.1, 0.15) is 60.3 Å². The quantitative estimate of drug-likeness (QED) is 0.235. The minimum atomic E-state index is -1.19. The van der Waals surface area contributed by atoms with Crippen LogP contribution in [0.2, 0.25) is 5.02 Å². The molecule has 2 saturated heterocycles. The first kappa shape index (κ1) is 40.8. The molecule has 6 rings (SSSR count). The predicted molar refractivity (Wildman–Crippen MR) is 205 cm³/mol. The second-order valence-electron chi connectivity index (χ2n) is 15.0. The van der Waals surface area contributed by atoms with Gasteiger partial charge in [0.1, 0.15) is 12.1 Å². The molecule has 4 heterocycles. The van der Waals surface area contributed by atoms with Gasteiger partial charge in [0.25, 0.3) is 11.8 Å². The number of amides is 4. The second-order valence-corrected chi connectivity index (χ2v) is 15.4. The van der Waals surface area contributed by atoms with Crippen LogP contribution in [0.3, 0.4) is 0 Å². The number of imidazole rings is 1. The Kier molecular flexibility index (Phi) is 11.7. The molecule has 0 atom stereocenters. The zero-order valence-electron chi connectivity index (χ0n) is 32.1. The largest absolute Gasteiger partial charge is 0.480 e. The highest BCUT2D eigenvalue weighted by Crippen LogP contribution is 2.33. The number of hydrogen-bond acceptors (Lipinski definition) is 8. The van der Waals surface area contributed by atoms with Crippen LogP contribution in [0.5, 0.6) is 0 Å². The number of aliphatic carboxylic acids is 1. The van der Waals surface area contributed by atoms with Crippen molar-refractivity contribution in [2.24, 2.45) is 13.0 Å². The first-order valence-electron chi connectivity index (χ1n) is 18.3. The number of nitrogens with zero attached hydrogens (tertiary/aromatic N) is 7. The Hall–Kier alpha value is -5.84. The van der Waals surface area contributed by atoms with E-state index < -0.39 is 35.7 Å². The predicted octanol–water partition coefficient (Wildman–Crippen LogP) is 5.46.